The number of anilines is 1. The highest BCUT2D eigenvalue weighted by Gasteiger charge is 2.19. The molecule has 110 valence electrons. The number of para-hydroxylation sites is 1. The Kier molecular flexibility index (Phi) is 4.21. The molecule has 0 aromatic heterocycles. The largest absolute Gasteiger partial charge is 0.482 e. The number of hydrogen-bond acceptors (Lipinski definition) is 3. The van der Waals surface area contributed by atoms with E-state index in [1.807, 2.05) is 32.9 Å². The van der Waals surface area contributed by atoms with Crippen LogP contribution >= 0.6 is 0 Å². The van der Waals surface area contributed by atoms with Gasteiger partial charge >= 0.3 is 0 Å². The van der Waals surface area contributed by atoms with Crippen LogP contribution in [0.25, 0.3) is 0 Å². The van der Waals surface area contributed by atoms with Gasteiger partial charge in [-0.05, 0) is 52.2 Å². The zero-order valence-electron chi connectivity index (χ0n) is 12.7. The number of amides is 1. The summed E-state index contributed by atoms with van der Waals surface area (Å²) in [6.07, 6.45) is 2.18. The standard InChI is InChI=1S/C16H24N2O2/c1-11-8-9-12-6-5-7-13(15(12)17-11)20-10-14(19)18-16(2,3)4/h5-7,11,17H,8-10H2,1-4H3,(H,18,19). The second-order valence-electron chi connectivity index (χ2n) is 6.46. The molecular weight excluding hydrogens is 252 g/mol. The molecule has 1 aliphatic heterocycles. The minimum absolute atomic E-state index is 0.0454. The van der Waals surface area contributed by atoms with Crippen molar-refractivity contribution in [3.05, 3.63) is 23.8 Å². The number of fused-ring (bicyclic) bond motifs is 1. The number of hydrogen-bond donors (Lipinski definition) is 2. The molecule has 0 bridgehead atoms. The molecule has 1 aromatic carbocycles. The van der Waals surface area contributed by atoms with Gasteiger partial charge in [0.25, 0.3) is 5.91 Å². The molecule has 2 rings (SSSR count). The summed E-state index contributed by atoms with van der Waals surface area (Å²) in [5.74, 6) is 0.664. The molecular formula is C16H24N2O2. The van der Waals surface area contributed by atoms with E-state index in [1.165, 1.54) is 5.56 Å². The minimum Gasteiger partial charge on any atom is -0.482 e. The fraction of sp³-hybridized carbons (Fsp3) is 0.562. The van der Waals surface area contributed by atoms with Crippen LogP contribution in [0.15, 0.2) is 18.2 Å². The first-order chi connectivity index (χ1) is 9.35. The number of rotatable bonds is 3. The second kappa shape index (κ2) is 5.73. The number of carbonyl (C=O) groups is 1. The van der Waals surface area contributed by atoms with Crippen LogP contribution in [0.4, 0.5) is 5.69 Å². The van der Waals surface area contributed by atoms with Crippen LogP contribution in [-0.2, 0) is 11.2 Å². The fourth-order valence-electron chi connectivity index (χ4n) is 2.36. The molecule has 1 aliphatic rings. The zero-order chi connectivity index (χ0) is 14.8. The van der Waals surface area contributed by atoms with E-state index < -0.39 is 0 Å². The highest BCUT2D eigenvalue weighted by Crippen LogP contribution is 2.33. The quantitative estimate of drug-likeness (QED) is 0.892. The number of aryl methyl sites for hydroxylation is 1. The lowest BCUT2D eigenvalue weighted by Gasteiger charge is -2.26. The van der Waals surface area contributed by atoms with Crippen molar-refractivity contribution < 1.29 is 9.53 Å². The summed E-state index contributed by atoms with van der Waals surface area (Å²) >= 11 is 0. The Bertz CT molecular complexity index is 492. The molecule has 0 aliphatic carbocycles. The lowest BCUT2D eigenvalue weighted by Crippen LogP contribution is -2.43. The van der Waals surface area contributed by atoms with Crippen molar-refractivity contribution in [1.29, 1.82) is 0 Å². The number of carbonyl (C=O) groups excluding carboxylic acids is 1. The predicted octanol–water partition coefficient (Wildman–Crippen LogP) is 2.73. The Balaban J connectivity index is 2.02. The molecule has 4 nitrogen and oxygen atoms in total. The first-order valence-electron chi connectivity index (χ1n) is 7.17. The third kappa shape index (κ3) is 3.89. The van der Waals surface area contributed by atoms with Crippen LogP contribution in [0.1, 0.15) is 39.7 Å². The Morgan fingerprint density at radius 2 is 2.20 bits per heavy atom. The van der Waals surface area contributed by atoms with Crippen molar-refractivity contribution >= 4 is 11.6 Å². The third-order valence-electron chi connectivity index (χ3n) is 3.22. The average Bonchev–Trinajstić information content (AvgIpc) is 2.34. The summed E-state index contributed by atoms with van der Waals surface area (Å²) < 4.78 is 5.69. The van der Waals surface area contributed by atoms with Crippen LogP contribution in [0, 0.1) is 0 Å². The van der Waals surface area contributed by atoms with Gasteiger partial charge in [-0.3, -0.25) is 4.79 Å². The monoisotopic (exact) mass is 276 g/mol. The van der Waals surface area contributed by atoms with E-state index in [-0.39, 0.29) is 18.1 Å². The first kappa shape index (κ1) is 14.7. The molecule has 0 fully saturated rings. The molecule has 1 unspecified atom stereocenters. The van der Waals surface area contributed by atoms with Crippen LogP contribution in [0.3, 0.4) is 0 Å². The van der Waals surface area contributed by atoms with Crippen molar-refractivity contribution in [3.8, 4) is 5.75 Å². The Hall–Kier alpha value is -1.71. The van der Waals surface area contributed by atoms with Crippen molar-refractivity contribution in [2.75, 3.05) is 11.9 Å². The second-order valence-corrected chi connectivity index (χ2v) is 6.46. The number of ether oxygens (including phenoxy) is 1. The van der Waals surface area contributed by atoms with Crippen molar-refractivity contribution in [2.24, 2.45) is 0 Å². The van der Waals surface area contributed by atoms with Gasteiger partial charge in [-0.2, -0.15) is 0 Å². The molecule has 1 heterocycles. The van der Waals surface area contributed by atoms with Crippen LogP contribution in [0.5, 0.6) is 5.75 Å². The Morgan fingerprint density at radius 1 is 1.45 bits per heavy atom. The van der Waals surface area contributed by atoms with Crippen LogP contribution < -0.4 is 15.4 Å². The normalized spacial score (nSPS) is 17.9. The fourth-order valence-corrected chi connectivity index (χ4v) is 2.36. The van der Waals surface area contributed by atoms with Gasteiger partial charge in [0.1, 0.15) is 5.75 Å². The summed E-state index contributed by atoms with van der Waals surface area (Å²) in [5, 5.41) is 6.34. The number of nitrogens with one attached hydrogen (secondary N) is 2. The molecule has 0 saturated carbocycles. The van der Waals surface area contributed by atoms with E-state index in [0.717, 1.165) is 24.3 Å². The maximum atomic E-state index is 11.8. The van der Waals surface area contributed by atoms with E-state index in [0.29, 0.717) is 6.04 Å². The maximum Gasteiger partial charge on any atom is 0.258 e. The minimum atomic E-state index is -0.233. The third-order valence-corrected chi connectivity index (χ3v) is 3.22. The molecule has 1 aromatic rings. The Morgan fingerprint density at radius 3 is 2.90 bits per heavy atom. The van der Waals surface area contributed by atoms with Gasteiger partial charge in [0.15, 0.2) is 6.61 Å². The summed E-state index contributed by atoms with van der Waals surface area (Å²) in [6.45, 7) is 8.07. The van der Waals surface area contributed by atoms with Gasteiger partial charge in [0.2, 0.25) is 0 Å². The summed E-state index contributed by atoms with van der Waals surface area (Å²) in [7, 11) is 0. The van der Waals surface area contributed by atoms with Crippen molar-refractivity contribution in [3.63, 3.8) is 0 Å². The smallest absolute Gasteiger partial charge is 0.258 e. The van der Waals surface area contributed by atoms with Crippen molar-refractivity contribution in [2.45, 2.75) is 52.1 Å². The van der Waals surface area contributed by atoms with Gasteiger partial charge in [0, 0.05) is 11.6 Å². The van der Waals surface area contributed by atoms with Gasteiger partial charge < -0.3 is 15.4 Å². The van der Waals surface area contributed by atoms with Gasteiger partial charge in [-0.15, -0.1) is 0 Å². The molecule has 4 heteroatoms. The zero-order valence-corrected chi connectivity index (χ0v) is 12.7. The summed E-state index contributed by atoms with van der Waals surface area (Å²) in [5.41, 5.74) is 2.06. The number of benzene rings is 1. The molecule has 1 amide bonds. The molecule has 1 atom stereocenters. The predicted molar refractivity (Wildman–Crippen MR) is 81.2 cm³/mol. The summed E-state index contributed by atoms with van der Waals surface area (Å²) in [4.78, 5) is 11.8. The molecule has 0 saturated heterocycles. The molecule has 0 spiro atoms. The highest BCUT2D eigenvalue weighted by molar-refractivity contribution is 5.78. The van der Waals surface area contributed by atoms with Crippen molar-refractivity contribution in [1.82, 2.24) is 5.32 Å². The molecule has 0 radical (unpaired) electrons. The average molecular weight is 276 g/mol. The van der Waals surface area contributed by atoms with E-state index in [2.05, 4.69) is 23.6 Å². The highest BCUT2D eigenvalue weighted by atomic mass is 16.5. The molecule has 20 heavy (non-hydrogen) atoms. The van der Waals surface area contributed by atoms with Gasteiger partial charge in [-0.1, -0.05) is 12.1 Å². The Labute approximate surface area is 120 Å². The summed E-state index contributed by atoms with van der Waals surface area (Å²) in [6, 6.07) is 6.44. The van der Waals surface area contributed by atoms with E-state index in [9.17, 15) is 4.79 Å². The topological polar surface area (TPSA) is 50.4 Å². The molecule has 2 N–H and O–H groups in total. The van der Waals surface area contributed by atoms with Gasteiger partial charge in [-0.25, -0.2) is 0 Å². The van der Waals surface area contributed by atoms with Crippen LogP contribution in [-0.4, -0.2) is 24.1 Å². The van der Waals surface area contributed by atoms with E-state index >= 15 is 0 Å². The van der Waals surface area contributed by atoms with E-state index in [1.54, 1.807) is 0 Å². The van der Waals surface area contributed by atoms with Crippen LogP contribution in [0.2, 0.25) is 0 Å². The maximum absolute atomic E-state index is 11.8. The lowest BCUT2D eigenvalue weighted by molar-refractivity contribution is -0.124. The first-order valence-corrected chi connectivity index (χ1v) is 7.17. The SMILES string of the molecule is CC1CCc2cccc(OCC(=O)NC(C)(C)C)c2N1. The lowest BCUT2D eigenvalue weighted by atomic mass is 9.98. The van der Waals surface area contributed by atoms with E-state index in [4.69, 9.17) is 4.74 Å². The van der Waals surface area contributed by atoms with Gasteiger partial charge in [0.05, 0.1) is 5.69 Å².